The molecule has 2 atom stereocenters. The van der Waals surface area contributed by atoms with E-state index in [1.807, 2.05) is 6.92 Å². The lowest BCUT2D eigenvalue weighted by molar-refractivity contribution is 0.0561. The predicted molar refractivity (Wildman–Crippen MR) is 56.4 cm³/mol. The second-order valence-electron chi connectivity index (χ2n) is 3.60. The lowest BCUT2D eigenvalue weighted by atomic mass is 9.98. The Morgan fingerprint density at radius 1 is 1.60 bits per heavy atom. The van der Waals surface area contributed by atoms with Crippen LogP contribution in [-0.4, -0.2) is 13.1 Å². The maximum absolute atomic E-state index is 11.1. The van der Waals surface area contributed by atoms with Gasteiger partial charge in [0.05, 0.1) is 13.2 Å². The summed E-state index contributed by atoms with van der Waals surface area (Å²) in [7, 11) is 1.32. The number of hydrogen-bond donors (Lipinski definition) is 1. The zero-order chi connectivity index (χ0) is 11.4. The van der Waals surface area contributed by atoms with Crippen LogP contribution in [-0.2, 0) is 4.74 Å². The second-order valence-corrected chi connectivity index (χ2v) is 3.60. The maximum atomic E-state index is 11.1. The molecule has 1 aromatic heterocycles. The van der Waals surface area contributed by atoms with Crippen molar-refractivity contribution in [3.63, 3.8) is 0 Å². The molecule has 15 heavy (non-hydrogen) atoms. The molecule has 0 aliphatic rings. The minimum absolute atomic E-state index is 0.173. The Morgan fingerprint density at radius 2 is 2.27 bits per heavy atom. The van der Waals surface area contributed by atoms with Crippen LogP contribution in [0.3, 0.4) is 0 Å². The fourth-order valence-electron chi connectivity index (χ4n) is 1.28. The standard InChI is InChI=1S/C11H17NO3/c1-4-7(2)10(12)8-5-6-9(15-8)11(13)14-3/h5-7,10H,4,12H2,1-3H3. The van der Waals surface area contributed by atoms with E-state index in [1.54, 1.807) is 12.1 Å². The number of ether oxygens (including phenoxy) is 1. The Labute approximate surface area is 89.4 Å². The van der Waals surface area contributed by atoms with Crippen molar-refractivity contribution < 1.29 is 13.9 Å². The zero-order valence-corrected chi connectivity index (χ0v) is 9.32. The second kappa shape index (κ2) is 4.98. The van der Waals surface area contributed by atoms with Crippen LogP contribution in [0.5, 0.6) is 0 Å². The number of esters is 1. The van der Waals surface area contributed by atoms with Gasteiger partial charge in [0.15, 0.2) is 0 Å². The van der Waals surface area contributed by atoms with Gasteiger partial charge < -0.3 is 14.9 Å². The topological polar surface area (TPSA) is 65.5 Å². The number of hydrogen-bond acceptors (Lipinski definition) is 4. The summed E-state index contributed by atoms with van der Waals surface area (Å²) in [6, 6.07) is 3.14. The summed E-state index contributed by atoms with van der Waals surface area (Å²) in [6.45, 7) is 4.11. The first-order valence-electron chi connectivity index (χ1n) is 5.03. The molecule has 0 amide bonds. The van der Waals surface area contributed by atoms with Crippen molar-refractivity contribution in [3.8, 4) is 0 Å². The number of carbonyl (C=O) groups excluding carboxylic acids is 1. The van der Waals surface area contributed by atoms with Crippen molar-refractivity contribution in [1.29, 1.82) is 0 Å². The summed E-state index contributed by atoms with van der Waals surface area (Å²) in [5, 5.41) is 0. The molecule has 1 rings (SSSR count). The predicted octanol–water partition coefficient (Wildman–Crippen LogP) is 2.11. The fraction of sp³-hybridized carbons (Fsp3) is 0.545. The normalized spacial score (nSPS) is 14.7. The molecule has 2 unspecified atom stereocenters. The van der Waals surface area contributed by atoms with Crippen LogP contribution in [0.15, 0.2) is 16.5 Å². The molecule has 0 fully saturated rings. The van der Waals surface area contributed by atoms with E-state index in [0.717, 1.165) is 6.42 Å². The van der Waals surface area contributed by atoms with Gasteiger partial charge in [0, 0.05) is 0 Å². The fourth-order valence-corrected chi connectivity index (χ4v) is 1.28. The molecule has 0 aliphatic carbocycles. The average molecular weight is 211 g/mol. The smallest absolute Gasteiger partial charge is 0.373 e. The number of methoxy groups -OCH3 is 1. The van der Waals surface area contributed by atoms with Crippen LogP contribution >= 0.6 is 0 Å². The monoisotopic (exact) mass is 211 g/mol. The Bertz CT molecular complexity index is 332. The molecule has 84 valence electrons. The third-order valence-corrected chi connectivity index (χ3v) is 2.60. The van der Waals surface area contributed by atoms with Gasteiger partial charge in [0.2, 0.25) is 5.76 Å². The molecule has 0 saturated heterocycles. The van der Waals surface area contributed by atoms with Gasteiger partial charge in [-0.2, -0.15) is 0 Å². The summed E-state index contributed by atoms with van der Waals surface area (Å²) in [5.74, 6) is 0.676. The zero-order valence-electron chi connectivity index (χ0n) is 9.32. The van der Waals surface area contributed by atoms with E-state index in [1.165, 1.54) is 7.11 Å². The Kier molecular flexibility index (Phi) is 3.91. The van der Waals surface area contributed by atoms with E-state index in [4.69, 9.17) is 10.2 Å². The van der Waals surface area contributed by atoms with Crippen LogP contribution in [0.1, 0.15) is 42.6 Å². The van der Waals surface area contributed by atoms with Crippen LogP contribution in [0.2, 0.25) is 0 Å². The van der Waals surface area contributed by atoms with Gasteiger partial charge in [0.25, 0.3) is 0 Å². The number of carbonyl (C=O) groups is 1. The SMILES string of the molecule is CCC(C)C(N)c1ccc(C(=O)OC)o1. The minimum atomic E-state index is -0.474. The van der Waals surface area contributed by atoms with Crippen LogP contribution in [0.25, 0.3) is 0 Å². The van der Waals surface area contributed by atoms with Crippen molar-refractivity contribution in [3.05, 3.63) is 23.7 Å². The van der Waals surface area contributed by atoms with E-state index in [-0.39, 0.29) is 11.8 Å². The van der Waals surface area contributed by atoms with Gasteiger partial charge >= 0.3 is 5.97 Å². The van der Waals surface area contributed by atoms with E-state index < -0.39 is 5.97 Å². The van der Waals surface area contributed by atoms with Crippen LogP contribution < -0.4 is 5.73 Å². The first-order chi connectivity index (χ1) is 7.10. The third-order valence-electron chi connectivity index (χ3n) is 2.60. The molecule has 4 heteroatoms. The molecule has 0 bridgehead atoms. The third kappa shape index (κ3) is 2.59. The van der Waals surface area contributed by atoms with Gasteiger partial charge in [-0.3, -0.25) is 0 Å². The maximum Gasteiger partial charge on any atom is 0.373 e. The molecule has 0 spiro atoms. The van der Waals surface area contributed by atoms with Gasteiger partial charge in [-0.05, 0) is 18.1 Å². The van der Waals surface area contributed by atoms with Crippen molar-refractivity contribution in [1.82, 2.24) is 0 Å². The molecule has 4 nitrogen and oxygen atoms in total. The number of furan rings is 1. The Morgan fingerprint density at radius 3 is 2.80 bits per heavy atom. The van der Waals surface area contributed by atoms with Gasteiger partial charge in [0.1, 0.15) is 5.76 Å². The molecule has 0 radical (unpaired) electrons. The number of nitrogens with two attached hydrogens (primary N) is 1. The molecule has 0 aromatic carbocycles. The van der Waals surface area contributed by atoms with Crippen molar-refractivity contribution in [2.24, 2.45) is 11.7 Å². The summed E-state index contributed by atoms with van der Waals surface area (Å²) in [6.07, 6.45) is 0.968. The van der Waals surface area contributed by atoms with Gasteiger partial charge in [-0.25, -0.2) is 4.79 Å². The van der Waals surface area contributed by atoms with Crippen molar-refractivity contribution in [2.45, 2.75) is 26.3 Å². The summed E-state index contributed by atoms with van der Waals surface area (Å²) < 4.78 is 9.86. The van der Waals surface area contributed by atoms with E-state index >= 15 is 0 Å². The largest absolute Gasteiger partial charge is 0.463 e. The van der Waals surface area contributed by atoms with Crippen molar-refractivity contribution in [2.75, 3.05) is 7.11 Å². The molecule has 0 aliphatic heterocycles. The first-order valence-corrected chi connectivity index (χ1v) is 5.03. The van der Waals surface area contributed by atoms with Gasteiger partial charge in [-0.15, -0.1) is 0 Å². The highest BCUT2D eigenvalue weighted by Crippen LogP contribution is 2.23. The molecule has 1 aromatic rings. The highest BCUT2D eigenvalue weighted by molar-refractivity contribution is 5.86. The first kappa shape index (κ1) is 11.8. The number of rotatable bonds is 4. The molecular formula is C11H17NO3. The average Bonchev–Trinajstić information content (AvgIpc) is 2.75. The van der Waals surface area contributed by atoms with E-state index in [9.17, 15) is 4.79 Å². The van der Waals surface area contributed by atoms with Gasteiger partial charge in [-0.1, -0.05) is 20.3 Å². The molecule has 2 N–H and O–H groups in total. The Hall–Kier alpha value is -1.29. The molecule has 1 heterocycles. The van der Waals surface area contributed by atoms with Crippen LogP contribution in [0.4, 0.5) is 0 Å². The summed E-state index contributed by atoms with van der Waals surface area (Å²) >= 11 is 0. The summed E-state index contributed by atoms with van der Waals surface area (Å²) in [4.78, 5) is 11.1. The highest BCUT2D eigenvalue weighted by Gasteiger charge is 2.19. The van der Waals surface area contributed by atoms with E-state index in [2.05, 4.69) is 11.7 Å². The van der Waals surface area contributed by atoms with Crippen LogP contribution in [0, 0.1) is 5.92 Å². The Balaban J connectivity index is 2.79. The quantitative estimate of drug-likeness (QED) is 0.774. The highest BCUT2D eigenvalue weighted by atomic mass is 16.5. The minimum Gasteiger partial charge on any atom is -0.463 e. The lowest BCUT2D eigenvalue weighted by Crippen LogP contribution is -2.17. The van der Waals surface area contributed by atoms with E-state index in [0.29, 0.717) is 11.7 Å². The molecular weight excluding hydrogens is 194 g/mol. The summed E-state index contributed by atoms with van der Waals surface area (Å²) in [5.41, 5.74) is 5.96. The molecule has 0 saturated carbocycles. The lowest BCUT2D eigenvalue weighted by Gasteiger charge is -2.15. The van der Waals surface area contributed by atoms with Crippen molar-refractivity contribution >= 4 is 5.97 Å².